The van der Waals surface area contributed by atoms with Gasteiger partial charge in [0, 0.05) is 19.0 Å². The molecule has 1 fully saturated rings. The molecule has 1 aromatic heterocycles. The summed E-state index contributed by atoms with van der Waals surface area (Å²) in [7, 11) is 0. The number of aromatic nitrogens is 4. The van der Waals surface area contributed by atoms with E-state index in [9.17, 15) is 0 Å². The SMILES string of the molecule is ClCCC1CCCN(c2nnnn2-c2ccccc2)C1. The molecule has 20 heavy (non-hydrogen) atoms. The van der Waals surface area contributed by atoms with E-state index in [0.717, 1.165) is 37.0 Å². The fourth-order valence-corrected chi connectivity index (χ4v) is 3.06. The Morgan fingerprint density at radius 1 is 1.25 bits per heavy atom. The summed E-state index contributed by atoms with van der Waals surface area (Å²) in [5.74, 6) is 2.19. The van der Waals surface area contributed by atoms with Gasteiger partial charge >= 0.3 is 0 Å². The van der Waals surface area contributed by atoms with Gasteiger partial charge in [0.15, 0.2) is 0 Å². The molecule has 2 heterocycles. The van der Waals surface area contributed by atoms with Crippen molar-refractivity contribution >= 4 is 17.5 Å². The molecular formula is C14H18ClN5. The molecule has 1 saturated heterocycles. The Morgan fingerprint density at radius 2 is 2.10 bits per heavy atom. The number of rotatable bonds is 4. The van der Waals surface area contributed by atoms with Crippen LogP contribution in [0.4, 0.5) is 5.95 Å². The minimum absolute atomic E-state index is 0.641. The first-order valence-electron chi connectivity index (χ1n) is 7.03. The number of benzene rings is 1. The fourth-order valence-electron chi connectivity index (χ4n) is 2.75. The number of alkyl halides is 1. The summed E-state index contributed by atoms with van der Waals surface area (Å²) in [6, 6.07) is 10.0. The van der Waals surface area contributed by atoms with E-state index in [2.05, 4.69) is 20.4 Å². The molecule has 1 atom stereocenters. The third-order valence-corrected chi connectivity index (χ3v) is 3.99. The number of nitrogens with zero attached hydrogens (tertiary/aromatic N) is 5. The van der Waals surface area contributed by atoms with E-state index in [1.54, 1.807) is 0 Å². The minimum Gasteiger partial charge on any atom is -0.339 e. The third kappa shape index (κ3) is 2.77. The van der Waals surface area contributed by atoms with Crippen LogP contribution in [0.5, 0.6) is 0 Å². The lowest BCUT2D eigenvalue weighted by Crippen LogP contribution is -2.37. The summed E-state index contributed by atoms with van der Waals surface area (Å²) in [6.07, 6.45) is 3.48. The van der Waals surface area contributed by atoms with Gasteiger partial charge in [-0.2, -0.15) is 4.68 Å². The second kappa shape index (κ2) is 6.22. The highest BCUT2D eigenvalue weighted by atomic mass is 35.5. The first kappa shape index (κ1) is 13.4. The molecule has 2 aromatic rings. The van der Waals surface area contributed by atoms with Crippen LogP contribution in [0.3, 0.4) is 0 Å². The van der Waals surface area contributed by atoms with Gasteiger partial charge in [-0.15, -0.1) is 11.6 Å². The quantitative estimate of drug-likeness (QED) is 0.812. The van der Waals surface area contributed by atoms with Crippen molar-refractivity contribution in [3.8, 4) is 5.69 Å². The zero-order chi connectivity index (χ0) is 13.8. The molecule has 106 valence electrons. The van der Waals surface area contributed by atoms with E-state index in [1.807, 2.05) is 35.0 Å². The monoisotopic (exact) mass is 291 g/mol. The van der Waals surface area contributed by atoms with Crippen molar-refractivity contribution in [2.45, 2.75) is 19.3 Å². The summed E-state index contributed by atoms with van der Waals surface area (Å²) in [4.78, 5) is 2.27. The molecule has 0 N–H and O–H groups in total. The summed E-state index contributed by atoms with van der Waals surface area (Å²) in [6.45, 7) is 1.99. The molecule has 3 rings (SSSR count). The Kier molecular flexibility index (Phi) is 4.16. The van der Waals surface area contributed by atoms with E-state index < -0.39 is 0 Å². The summed E-state index contributed by atoms with van der Waals surface area (Å²) in [5.41, 5.74) is 0.993. The number of tetrazole rings is 1. The van der Waals surface area contributed by atoms with Gasteiger partial charge < -0.3 is 4.90 Å². The Labute approximate surface area is 123 Å². The third-order valence-electron chi connectivity index (χ3n) is 3.77. The first-order chi connectivity index (χ1) is 9.88. The van der Waals surface area contributed by atoms with Crippen LogP contribution in [-0.4, -0.2) is 39.2 Å². The topological polar surface area (TPSA) is 46.8 Å². The summed E-state index contributed by atoms with van der Waals surface area (Å²) >= 11 is 5.87. The van der Waals surface area contributed by atoms with Gasteiger partial charge in [0.25, 0.3) is 0 Å². The predicted molar refractivity (Wildman–Crippen MR) is 79.4 cm³/mol. The van der Waals surface area contributed by atoms with Crippen LogP contribution >= 0.6 is 11.6 Å². The summed E-state index contributed by atoms with van der Waals surface area (Å²) < 4.78 is 1.81. The lowest BCUT2D eigenvalue weighted by atomic mass is 9.96. The first-order valence-corrected chi connectivity index (χ1v) is 7.56. The van der Waals surface area contributed by atoms with Gasteiger partial charge in [0.2, 0.25) is 5.95 Å². The maximum atomic E-state index is 5.87. The van der Waals surface area contributed by atoms with Gasteiger partial charge in [0.05, 0.1) is 5.69 Å². The molecule has 1 aromatic carbocycles. The van der Waals surface area contributed by atoms with Crippen molar-refractivity contribution < 1.29 is 0 Å². The van der Waals surface area contributed by atoms with E-state index in [0.29, 0.717) is 5.92 Å². The molecule has 6 heteroatoms. The average molecular weight is 292 g/mol. The van der Waals surface area contributed by atoms with Crippen LogP contribution in [-0.2, 0) is 0 Å². The van der Waals surface area contributed by atoms with Crippen LogP contribution in [0.1, 0.15) is 19.3 Å². The smallest absolute Gasteiger partial charge is 0.250 e. The lowest BCUT2D eigenvalue weighted by molar-refractivity contribution is 0.401. The van der Waals surface area contributed by atoms with Gasteiger partial charge in [-0.05, 0) is 47.7 Å². The number of hydrogen-bond acceptors (Lipinski definition) is 4. The zero-order valence-electron chi connectivity index (χ0n) is 11.3. The van der Waals surface area contributed by atoms with E-state index in [4.69, 9.17) is 11.6 Å². The second-order valence-corrected chi connectivity index (χ2v) is 5.54. The highest BCUT2D eigenvalue weighted by Crippen LogP contribution is 2.24. The normalized spacial score (nSPS) is 19.2. The van der Waals surface area contributed by atoms with Gasteiger partial charge in [-0.25, -0.2) is 0 Å². The van der Waals surface area contributed by atoms with Crippen LogP contribution in [0, 0.1) is 5.92 Å². The number of anilines is 1. The van der Waals surface area contributed by atoms with Crippen molar-refractivity contribution in [2.24, 2.45) is 5.92 Å². The molecule has 0 saturated carbocycles. The van der Waals surface area contributed by atoms with Crippen LogP contribution < -0.4 is 4.90 Å². The molecular weight excluding hydrogens is 274 g/mol. The predicted octanol–water partition coefficient (Wildman–Crippen LogP) is 2.51. The van der Waals surface area contributed by atoms with Gasteiger partial charge in [-0.3, -0.25) is 0 Å². The van der Waals surface area contributed by atoms with Crippen molar-refractivity contribution in [1.82, 2.24) is 20.2 Å². The minimum atomic E-state index is 0.641. The molecule has 1 aliphatic heterocycles. The molecule has 0 spiro atoms. The highest BCUT2D eigenvalue weighted by Gasteiger charge is 2.24. The Morgan fingerprint density at radius 3 is 2.90 bits per heavy atom. The maximum Gasteiger partial charge on any atom is 0.250 e. The Balaban J connectivity index is 1.82. The Hall–Kier alpha value is -1.62. The maximum absolute atomic E-state index is 5.87. The zero-order valence-corrected chi connectivity index (χ0v) is 12.1. The largest absolute Gasteiger partial charge is 0.339 e. The van der Waals surface area contributed by atoms with E-state index in [1.165, 1.54) is 12.8 Å². The Bertz CT molecular complexity index is 540. The molecule has 0 aliphatic carbocycles. The van der Waals surface area contributed by atoms with Crippen molar-refractivity contribution in [3.05, 3.63) is 30.3 Å². The molecule has 0 radical (unpaired) electrons. The number of hydrogen-bond donors (Lipinski definition) is 0. The molecule has 0 bridgehead atoms. The van der Waals surface area contributed by atoms with Crippen LogP contribution in [0.2, 0.25) is 0 Å². The molecule has 1 unspecified atom stereocenters. The lowest BCUT2D eigenvalue weighted by Gasteiger charge is -2.32. The average Bonchev–Trinajstić information content (AvgIpc) is 2.98. The van der Waals surface area contributed by atoms with Crippen molar-refractivity contribution in [1.29, 1.82) is 0 Å². The van der Waals surface area contributed by atoms with Gasteiger partial charge in [-0.1, -0.05) is 23.3 Å². The number of halogens is 1. The van der Waals surface area contributed by atoms with Crippen LogP contribution in [0.25, 0.3) is 5.69 Å². The number of para-hydroxylation sites is 1. The number of piperidine rings is 1. The fraction of sp³-hybridized carbons (Fsp3) is 0.500. The van der Waals surface area contributed by atoms with Crippen molar-refractivity contribution in [2.75, 3.05) is 23.9 Å². The second-order valence-electron chi connectivity index (χ2n) is 5.16. The van der Waals surface area contributed by atoms with Crippen LogP contribution in [0.15, 0.2) is 30.3 Å². The van der Waals surface area contributed by atoms with E-state index >= 15 is 0 Å². The molecule has 0 amide bonds. The van der Waals surface area contributed by atoms with Gasteiger partial charge in [0.1, 0.15) is 0 Å². The van der Waals surface area contributed by atoms with Crippen molar-refractivity contribution in [3.63, 3.8) is 0 Å². The highest BCUT2D eigenvalue weighted by molar-refractivity contribution is 6.17. The molecule has 1 aliphatic rings. The van der Waals surface area contributed by atoms with E-state index in [-0.39, 0.29) is 0 Å². The molecule has 5 nitrogen and oxygen atoms in total. The standard InChI is InChI=1S/C14H18ClN5/c15-9-8-12-5-4-10-19(11-12)14-16-17-18-20(14)13-6-2-1-3-7-13/h1-3,6-7,12H,4-5,8-11H2. The summed E-state index contributed by atoms with van der Waals surface area (Å²) in [5, 5.41) is 12.2.